The standard InChI is InChI=1S/C17H27N3/c1-4-16-19-14-9-5-6-10-15(14)20(16)12-8-7-11-17(2,3)13-18/h5-6,9-10H,4,7-8,11-13,18H2,1-3H3. The lowest BCUT2D eigenvalue weighted by molar-refractivity contribution is 0.329. The fourth-order valence-electron chi connectivity index (χ4n) is 2.62. The first kappa shape index (κ1) is 15.0. The van der Waals surface area contributed by atoms with E-state index in [9.17, 15) is 0 Å². The number of hydrogen-bond acceptors (Lipinski definition) is 2. The number of imidazole rings is 1. The van der Waals surface area contributed by atoms with Crippen molar-refractivity contribution in [1.29, 1.82) is 0 Å². The van der Waals surface area contributed by atoms with Crippen molar-refractivity contribution < 1.29 is 0 Å². The Bertz CT molecular complexity index is 554. The number of nitrogens with zero attached hydrogens (tertiary/aromatic N) is 2. The molecule has 1 heterocycles. The van der Waals surface area contributed by atoms with Crippen LogP contribution in [-0.2, 0) is 13.0 Å². The summed E-state index contributed by atoms with van der Waals surface area (Å²) in [6.45, 7) is 8.50. The van der Waals surface area contributed by atoms with E-state index in [1.807, 2.05) is 0 Å². The van der Waals surface area contributed by atoms with Crippen LogP contribution >= 0.6 is 0 Å². The Balaban J connectivity index is 2.02. The lowest BCUT2D eigenvalue weighted by atomic mass is 9.87. The number of fused-ring (bicyclic) bond motifs is 1. The molecule has 0 radical (unpaired) electrons. The van der Waals surface area contributed by atoms with Crippen LogP contribution in [0.5, 0.6) is 0 Å². The topological polar surface area (TPSA) is 43.8 Å². The van der Waals surface area contributed by atoms with Crippen LogP contribution in [0.15, 0.2) is 24.3 Å². The van der Waals surface area contributed by atoms with E-state index in [-0.39, 0.29) is 5.41 Å². The molecule has 2 rings (SSSR count). The van der Waals surface area contributed by atoms with E-state index in [0.29, 0.717) is 0 Å². The summed E-state index contributed by atoms with van der Waals surface area (Å²) in [5.74, 6) is 1.20. The van der Waals surface area contributed by atoms with E-state index >= 15 is 0 Å². The first-order valence-corrected chi connectivity index (χ1v) is 7.71. The largest absolute Gasteiger partial charge is 0.330 e. The molecule has 0 aliphatic rings. The molecule has 0 unspecified atom stereocenters. The Labute approximate surface area is 122 Å². The van der Waals surface area contributed by atoms with Gasteiger partial charge in [0.15, 0.2) is 0 Å². The minimum atomic E-state index is 0.268. The molecule has 0 saturated heterocycles. The molecule has 0 spiro atoms. The van der Waals surface area contributed by atoms with E-state index in [2.05, 4.69) is 49.6 Å². The van der Waals surface area contributed by atoms with Gasteiger partial charge in [-0.2, -0.15) is 0 Å². The van der Waals surface area contributed by atoms with Gasteiger partial charge in [-0.1, -0.05) is 39.3 Å². The van der Waals surface area contributed by atoms with Crippen LogP contribution in [0.25, 0.3) is 11.0 Å². The summed E-state index contributed by atoms with van der Waals surface area (Å²) in [4.78, 5) is 4.72. The molecule has 3 nitrogen and oxygen atoms in total. The highest BCUT2D eigenvalue weighted by molar-refractivity contribution is 5.75. The Hall–Kier alpha value is -1.35. The van der Waals surface area contributed by atoms with Gasteiger partial charge in [0.05, 0.1) is 11.0 Å². The maximum absolute atomic E-state index is 5.79. The normalized spacial score (nSPS) is 12.2. The maximum Gasteiger partial charge on any atom is 0.109 e. The van der Waals surface area contributed by atoms with Crippen LogP contribution in [0.4, 0.5) is 0 Å². The number of aryl methyl sites for hydroxylation is 2. The molecule has 3 heteroatoms. The van der Waals surface area contributed by atoms with Crippen molar-refractivity contribution in [2.24, 2.45) is 11.1 Å². The quantitative estimate of drug-likeness (QED) is 0.781. The van der Waals surface area contributed by atoms with E-state index in [1.54, 1.807) is 0 Å². The van der Waals surface area contributed by atoms with Gasteiger partial charge >= 0.3 is 0 Å². The van der Waals surface area contributed by atoms with Crippen LogP contribution in [-0.4, -0.2) is 16.1 Å². The molecule has 0 bridgehead atoms. The van der Waals surface area contributed by atoms with Gasteiger partial charge < -0.3 is 10.3 Å². The molecule has 2 aromatic rings. The summed E-state index contributed by atoms with van der Waals surface area (Å²) in [5, 5.41) is 0. The van der Waals surface area contributed by atoms with Crippen molar-refractivity contribution in [1.82, 2.24) is 9.55 Å². The second-order valence-electron chi connectivity index (χ2n) is 6.35. The van der Waals surface area contributed by atoms with Crippen molar-refractivity contribution >= 4 is 11.0 Å². The monoisotopic (exact) mass is 273 g/mol. The molecule has 20 heavy (non-hydrogen) atoms. The summed E-state index contributed by atoms with van der Waals surface area (Å²) in [6.07, 6.45) is 4.59. The van der Waals surface area contributed by atoms with Crippen LogP contribution in [0.3, 0.4) is 0 Å². The predicted molar refractivity (Wildman–Crippen MR) is 85.8 cm³/mol. The first-order valence-electron chi connectivity index (χ1n) is 7.71. The van der Waals surface area contributed by atoms with Crippen molar-refractivity contribution in [2.75, 3.05) is 6.54 Å². The number of unbranched alkanes of at least 4 members (excludes halogenated alkanes) is 1. The van der Waals surface area contributed by atoms with Gasteiger partial charge in [0.1, 0.15) is 5.82 Å². The first-order chi connectivity index (χ1) is 9.57. The summed E-state index contributed by atoms with van der Waals surface area (Å²) in [5.41, 5.74) is 8.44. The SMILES string of the molecule is CCc1nc2ccccc2n1CCCCC(C)(C)CN. The predicted octanol–water partition coefficient (Wildman–Crippen LogP) is 3.75. The third-order valence-corrected chi connectivity index (χ3v) is 4.09. The minimum absolute atomic E-state index is 0.268. The second kappa shape index (κ2) is 6.40. The average molecular weight is 273 g/mol. The zero-order chi connectivity index (χ0) is 14.6. The van der Waals surface area contributed by atoms with Gasteiger partial charge in [-0.15, -0.1) is 0 Å². The van der Waals surface area contributed by atoms with E-state index in [0.717, 1.165) is 25.0 Å². The highest BCUT2D eigenvalue weighted by atomic mass is 15.1. The van der Waals surface area contributed by atoms with Gasteiger partial charge in [0.2, 0.25) is 0 Å². The third kappa shape index (κ3) is 3.40. The number of para-hydroxylation sites is 2. The average Bonchev–Trinajstić information content (AvgIpc) is 2.81. The van der Waals surface area contributed by atoms with Crippen molar-refractivity contribution in [3.05, 3.63) is 30.1 Å². The fourth-order valence-corrected chi connectivity index (χ4v) is 2.62. The van der Waals surface area contributed by atoms with Gasteiger partial charge in [0.25, 0.3) is 0 Å². The molecular formula is C17H27N3. The summed E-state index contributed by atoms with van der Waals surface area (Å²) >= 11 is 0. The summed E-state index contributed by atoms with van der Waals surface area (Å²) in [6, 6.07) is 8.42. The van der Waals surface area contributed by atoms with Crippen molar-refractivity contribution in [3.63, 3.8) is 0 Å². The van der Waals surface area contributed by atoms with Gasteiger partial charge in [-0.25, -0.2) is 4.98 Å². The lowest BCUT2D eigenvalue weighted by Gasteiger charge is -2.22. The smallest absolute Gasteiger partial charge is 0.109 e. The molecule has 0 fully saturated rings. The second-order valence-corrected chi connectivity index (χ2v) is 6.35. The van der Waals surface area contributed by atoms with Crippen LogP contribution < -0.4 is 5.73 Å². The molecule has 0 amide bonds. The van der Waals surface area contributed by atoms with Crippen LogP contribution in [0.2, 0.25) is 0 Å². The molecule has 0 aliphatic heterocycles. The zero-order valence-corrected chi connectivity index (χ0v) is 13.0. The van der Waals surface area contributed by atoms with Crippen LogP contribution in [0, 0.1) is 5.41 Å². The Morgan fingerprint density at radius 3 is 2.65 bits per heavy atom. The summed E-state index contributed by atoms with van der Waals surface area (Å²) in [7, 11) is 0. The van der Waals surface area contributed by atoms with E-state index < -0.39 is 0 Å². The molecule has 1 aromatic heterocycles. The molecule has 0 aliphatic carbocycles. The van der Waals surface area contributed by atoms with E-state index in [1.165, 1.54) is 30.6 Å². The lowest BCUT2D eigenvalue weighted by Crippen LogP contribution is -2.23. The number of rotatable bonds is 7. The zero-order valence-electron chi connectivity index (χ0n) is 13.0. The van der Waals surface area contributed by atoms with Gasteiger partial charge in [0, 0.05) is 13.0 Å². The Kier molecular flexibility index (Phi) is 4.81. The highest BCUT2D eigenvalue weighted by Crippen LogP contribution is 2.22. The number of benzene rings is 1. The third-order valence-electron chi connectivity index (χ3n) is 4.09. The number of nitrogens with two attached hydrogens (primary N) is 1. The molecule has 0 atom stereocenters. The highest BCUT2D eigenvalue weighted by Gasteiger charge is 2.15. The molecule has 110 valence electrons. The van der Waals surface area contributed by atoms with E-state index in [4.69, 9.17) is 10.7 Å². The number of hydrogen-bond donors (Lipinski definition) is 1. The Morgan fingerprint density at radius 1 is 1.20 bits per heavy atom. The molecule has 0 saturated carbocycles. The Morgan fingerprint density at radius 2 is 1.95 bits per heavy atom. The van der Waals surface area contributed by atoms with Gasteiger partial charge in [-0.05, 0) is 36.9 Å². The number of aromatic nitrogens is 2. The summed E-state index contributed by atoms with van der Waals surface area (Å²) < 4.78 is 2.38. The molecule has 2 N–H and O–H groups in total. The maximum atomic E-state index is 5.79. The molecule has 1 aromatic carbocycles. The van der Waals surface area contributed by atoms with Crippen LogP contribution in [0.1, 0.15) is 45.9 Å². The van der Waals surface area contributed by atoms with Crippen molar-refractivity contribution in [3.8, 4) is 0 Å². The van der Waals surface area contributed by atoms with Crippen molar-refractivity contribution in [2.45, 2.75) is 53.0 Å². The minimum Gasteiger partial charge on any atom is -0.330 e. The van der Waals surface area contributed by atoms with Gasteiger partial charge in [-0.3, -0.25) is 0 Å². The molecular weight excluding hydrogens is 246 g/mol. The fraction of sp³-hybridized carbons (Fsp3) is 0.588.